The van der Waals surface area contributed by atoms with E-state index < -0.39 is 0 Å². The van der Waals surface area contributed by atoms with Gasteiger partial charge in [0.1, 0.15) is 0 Å². The quantitative estimate of drug-likeness (QED) is 0.836. The van der Waals surface area contributed by atoms with E-state index in [0.29, 0.717) is 12.0 Å². The molecule has 2 N–H and O–H groups in total. The van der Waals surface area contributed by atoms with Gasteiger partial charge >= 0.3 is 0 Å². The molecular formula is C17H26N2O. The van der Waals surface area contributed by atoms with Gasteiger partial charge in [-0.05, 0) is 37.8 Å². The summed E-state index contributed by atoms with van der Waals surface area (Å²) < 4.78 is 0. The summed E-state index contributed by atoms with van der Waals surface area (Å²) in [6.45, 7) is 2.72. The van der Waals surface area contributed by atoms with Crippen molar-refractivity contribution in [3.8, 4) is 0 Å². The fraction of sp³-hybridized carbons (Fsp3) is 0.588. The second-order valence-corrected chi connectivity index (χ2v) is 5.95. The first kappa shape index (κ1) is 15.0. The van der Waals surface area contributed by atoms with Crippen LogP contribution in [0.25, 0.3) is 0 Å². The average molecular weight is 274 g/mol. The van der Waals surface area contributed by atoms with Crippen LogP contribution in [-0.4, -0.2) is 25.5 Å². The molecule has 0 radical (unpaired) electrons. The molecule has 1 aliphatic rings. The Morgan fingerprint density at radius 3 is 2.75 bits per heavy atom. The molecule has 1 aliphatic carbocycles. The second-order valence-electron chi connectivity index (χ2n) is 5.95. The first-order valence-electron chi connectivity index (χ1n) is 7.69. The number of benzene rings is 1. The van der Waals surface area contributed by atoms with E-state index in [1.165, 1.54) is 18.4 Å². The summed E-state index contributed by atoms with van der Waals surface area (Å²) in [7, 11) is 1.89. The Hall–Kier alpha value is -1.35. The summed E-state index contributed by atoms with van der Waals surface area (Å²) in [4.78, 5) is 12.1. The molecule has 0 heterocycles. The highest BCUT2D eigenvalue weighted by molar-refractivity contribution is 5.78. The molecule has 1 saturated carbocycles. The summed E-state index contributed by atoms with van der Waals surface area (Å²) in [5.74, 6) is 0.811. The van der Waals surface area contributed by atoms with Crippen molar-refractivity contribution in [3.63, 3.8) is 0 Å². The van der Waals surface area contributed by atoms with Crippen LogP contribution in [0.4, 0.5) is 0 Å². The summed E-state index contributed by atoms with van der Waals surface area (Å²) in [5.41, 5.74) is 1.38. The van der Waals surface area contributed by atoms with Crippen LogP contribution in [-0.2, 0) is 11.2 Å². The molecule has 3 nitrogen and oxygen atoms in total. The van der Waals surface area contributed by atoms with Crippen molar-refractivity contribution in [2.75, 3.05) is 13.6 Å². The minimum Gasteiger partial charge on any atom is -0.353 e. The third-order valence-electron chi connectivity index (χ3n) is 4.29. The molecule has 3 heteroatoms. The van der Waals surface area contributed by atoms with Gasteiger partial charge < -0.3 is 10.6 Å². The van der Waals surface area contributed by atoms with E-state index >= 15 is 0 Å². The molecule has 20 heavy (non-hydrogen) atoms. The van der Waals surface area contributed by atoms with Gasteiger partial charge in [0.25, 0.3) is 0 Å². The highest BCUT2D eigenvalue weighted by Gasteiger charge is 2.29. The lowest BCUT2D eigenvalue weighted by Gasteiger charge is -2.23. The van der Waals surface area contributed by atoms with Crippen molar-refractivity contribution in [3.05, 3.63) is 35.9 Å². The van der Waals surface area contributed by atoms with Gasteiger partial charge in [-0.1, -0.05) is 43.7 Å². The Labute approximate surface area is 122 Å². The summed E-state index contributed by atoms with van der Waals surface area (Å²) in [6.07, 6.45) is 4.64. The van der Waals surface area contributed by atoms with Crippen molar-refractivity contribution in [1.82, 2.24) is 10.6 Å². The van der Waals surface area contributed by atoms with Crippen molar-refractivity contribution in [1.29, 1.82) is 0 Å². The Kier molecular flexibility index (Phi) is 5.60. The van der Waals surface area contributed by atoms with Gasteiger partial charge in [0, 0.05) is 18.5 Å². The molecule has 3 atom stereocenters. The van der Waals surface area contributed by atoms with Gasteiger partial charge in [-0.25, -0.2) is 0 Å². The monoisotopic (exact) mass is 274 g/mol. The maximum atomic E-state index is 12.1. The van der Waals surface area contributed by atoms with Gasteiger partial charge in [0.2, 0.25) is 5.91 Å². The molecule has 0 aromatic heterocycles. The summed E-state index contributed by atoms with van der Waals surface area (Å²) in [5, 5.41) is 6.32. The first-order chi connectivity index (χ1) is 9.70. The smallest absolute Gasteiger partial charge is 0.224 e. The SMILES string of the molecule is CNCC(C)C(=O)NC1CCCC1Cc1ccccc1. The van der Waals surface area contributed by atoms with E-state index in [-0.39, 0.29) is 11.8 Å². The lowest BCUT2D eigenvalue weighted by Crippen LogP contribution is -2.42. The standard InChI is InChI=1S/C17H26N2O/c1-13(12-18-2)17(20)19-16-10-6-9-15(16)11-14-7-4-3-5-8-14/h3-5,7-8,13,15-16,18H,6,9-12H2,1-2H3,(H,19,20). The highest BCUT2D eigenvalue weighted by atomic mass is 16.1. The van der Waals surface area contributed by atoms with Gasteiger partial charge in [-0.3, -0.25) is 4.79 Å². The zero-order valence-electron chi connectivity index (χ0n) is 12.6. The average Bonchev–Trinajstić information content (AvgIpc) is 2.87. The van der Waals surface area contributed by atoms with E-state index in [1.807, 2.05) is 14.0 Å². The molecule has 1 aromatic rings. The van der Waals surface area contributed by atoms with Crippen molar-refractivity contribution in [2.45, 2.75) is 38.6 Å². The largest absolute Gasteiger partial charge is 0.353 e. The molecule has 0 saturated heterocycles. The van der Waals surface area contributed by atoms with Crippen LogP contribution < -0.4 is 10.6 Å². The van der Waals surface area contributed by atoms with Gasteiger partial charge in [0.15, 0.2) is 0 Å². The Balaban J connectivity index is 1.89. The Morgan fingerprint density at radius 1 is 1.30 bits per heavy atom. The molecule has 2 rings (SSSR count). The van der Waals surface area contributed by atoms with Crippen LogP contribution in [0.15, 0.2) is 30.3 Å². The van der Waals surface area contributed by atoms with E-state index in [2.05, 4.69) is 41.0 Å². The van der Waals surface area contributed by atoms with Crippen LogP contribution in [0.5, 0.6) is 0 Å². The minimum atomic E-state index is 0.0398. The lowest BCUT2D eigenvalue weighted by molar-refractivity contribution is -0.125. The van der Waals surface area contributed by atoms with Crippen LogP contribution in [0, 0.1) is 11.8 Å². The maximum absolute atomic E-state index is 12.1. The van der Waals surface area contributed by atoms with Gasteiger partial charge in [-0.2, -0.15) is 0 Å². The lowest BCUT2D eigenvalue weighted by atomic mass is 9.94. The third kappa shape index (κ3) is 4.07. The predicted octanol–water partition coefficient (Wildman–Crippen LogP) is 2.37. The normalized spacial score (nSPS) is 23.5. The number of nitrogens with one attached hydrogen (secondary N) is 2. The first-order valence-corrected chi connectivity index (χ1v) is 7.69. The van der Waals surface area contributed by atoms with E-state index in [4.69, 9.17) is 0 Å². The maximum Gasteiger partial charge on any atom is 0.224 e. The molecular weight excluding hydrogens is 248 g/mol. The number of hydrogen-bond donors (Lipinski definition) is 2. The fourth-order valence-electron chi connectivity index (χ4n) is 3.11. The zero-order valence-corrected chi connectivity index (χ0v) is 12.6. The van der Waals surface area contributed by atoms with Gasteiger partial charge in [-0.15, -0.1) is 0 Å². The van der Waals surface area contributed by atoms with Crippen molar-refractivity contribution < 1.29 is 4.79 Å². The Morgan fingerprint density at radius 2 is 2.05 bits per heavy atom. The second kappa shape index (κ2) is 7.44. The molecule has 1 aromatic carbocycles. The van der Waals surface area contributed by atoms with Crippen LogP contribution >= 0.6 is 0 Å². The fourth-order valence-corrected chi connectivity index (χ4v) is 3.11. The van der Waals surface area contributed by atoms with Crippen LogP contribution in [0.3, 0.4) is 0 Å². The number of amides is 1. The topological polar surface area (TPSA) is 41.1 Å². The Bertz CT molecular complexity index is 418. The molecule has 0 aliphatic heterocycles. The molecule has 1 amide bonds. The number of hydrogen-bond acceptors (Lipinski definition) is 2. The number of carbonyl (C=O) groups excluding carboxylic acids is 1. The van der Waals surface area contributed by atoms with E-state index in [0.717, 1.165) is 19.4 Å². The number of carbonyl (C=O) groups is 1. The predicted molar refractivity (Wildman–Crippen MR) is 82.5 cm³/mol. The number of rotatable bonds is 6. The van der Waals surface area contributed by atoms with Gasteiger partial charge in [0.05, 0.1) is 0 Å². The van der Waals surface area contributed by atoms with E-state index in [9.17, 15) is 4.79 Å². The molecule has 3 unspecified atom stereocenters. The minimum absolute atomic E-state index is 0.0398. The molecule has 0 spiro atoms. The van der Waals surface area contributed by atoms with Crippen LogP contribution in [0.1, 0.15) is 31.7 Å². The molecule has 1 fully saturated rings. The molecule has 110 valence electrons. The van der Waals surface area contributed by atoms with E-state index in [1.54, 1.807) is 0 Å². The zero-order chi connectivity index (χ0) is 14.4. The van der Waals surface area contributed by atoms with Crippen LogP contribution in [0.2, 0.25) is 0 Å². The van der Waals surface area contributed by atoms with Crippen molar-refractivity contribution >= 4 is 5.91 Å². The van der Waals surface area contributed by atoms with Crippen molar-refractivity contribution in [2.24, 2.45) is 11.8 Å². The highest BCUT2D eigenvalue weighted by Crippen LogP contribution is 2.29. The summed E-state index contributed by atoms with van der Waals surface area (Å²) in [6, 6.07) is 10.9. The summed E-state index contributed by atoms with van der Waals surface area (Å²) >= 11 is 0. The third-order valence-corrected chi connectivity index (χ3v) is 4.29. The molecule has 0 bridgehead atoms.